The Hall–Kier alpha value is -2.28. The number of ether oxygens (including phenoxy) is 3. The van der Waals surface area contributed by atoms with Gasteiger partial charge in [-0.1, -0.05) is 18.6 Å². The number of hydrogen-bond donors (Lipinski definition) is 0. The minimum absolute atomic E-state index is 0.0135. The summed E-state index contributed by atoms with van der Waals surface area (Å²) in [6.45, 7) is 2.97. The first-order valence-corrected chi connectivity index (χ1v) is 12.1. The predicted octanol–water partition coefficient (Wildman–Crippen LogP) is 3.32. The van der Waals surface area contributed by atoms with Crippen molar-refractivity contribution < 1.29 is 23.8 Å². The molecule has 0 unspecified atom stereocenters. The minimum Gasteiger partial charge on any atom is -0.493 e. The fourth-order valence-corrected chi connectivity index (χ4v) is 6.01. The average molecular weight is 443 g/mol. The summed E-state index contributed by atoms with van der Waals surface area (Å²) >= 11 is 0. The van der Waals surface area contributed by atoms with Crippen LogP contribution in [0.15, 0.2) is 18.2 Å². The molecule has 4 heterocycles. The van der Waals surface area contributed by atoms with Gasteiger partial charge in [-0.3, -0.25) is 9.59 Å². The van der Waals surface area contributed by atoms with E-state index in [1.54, 1.807) is 12.0 Å². The molecule has 4 aliphatic rings. The van der Waals surface area contributed by atoms with Gasteiger partial charge < -0.3 is 24.0 Å². The van der Waals surface area contributed by atoms with E-state index in [0.717, 1.165) is 68.6 Å². The van der Waals surface area contributed by atoms with Crippen molar-refractivity contribution >= 4 is 11.8 Å². The fraction of sp³-hybridized carbons (Fsp3) is 0.680. The number of piperidine rings is 1. The van der Waals surface area contributed by atoms with Gasteiger partial charge in [0.15, 0.2) is 11.5 Å². The van der Waals surface area contributed by atoms with Crippen LogP contribution in [0.5, 0.6) is 11.5 Å². The van der Waals surface area contributed by atoms with Crippen LogP contribution in [0, 0.1) is 5.92 Å². The Labute approximate surface area is 190 Å². The zero-order valence-corrected chi connectivity index (χ0v) is 19.0. The van der Waals surface area contributed by atoms with E-state index in [-0.39, 0.29) is 36.0 Å². The Morgan fingerprint density at radius 3 is 2.81 bits per heavy atom. The highest BCUT2D eigenvalue weighted by Gasteiger charge is 2.53. The number of carbonyl (C=O) groups is 2. The number of hydrogen-bond acceptors (Lipinski definition) is 5. The van der Waals surface area contributed by atoms with Crippen LogP contribution in [0.3, 0.4) is 0 Å². The lowest BCUT2D eigenvalue weighted by atomic mass is 9.70. The fourth-order valence-electron chi connectivity index (χ4n) is 6.01. The Morgan fingerprint density at radius 2 is 2.00 bits per heavy atom. The van der Waals surface area contributed by atoms with Crippen molar-refractivity contribution in [3.8, 4) is 11.5 Å². The molecular formula is C25H34N2O5. The van der Waals surface area contributed by atoms with Gasteiger partial charge in [-0.05, 0) is 31.7 Å². The van der Waals surface area contributed by atoms with Crippen LogP contribution in [0.25, 0.3) is 0 Å². The van der Waals surface area contributed by atoms with E-state index in [4.69, 9.17) is 14.2 Å². The quantitative estimate of drug-likeness (QED) is 0.718. The summed E-state index contributed by atoms with van der Waals surface area (Å²) in [6, 6.07) is 6.02. The summed E-state index contributed by atoms with van der Waals surface area (Å²) in [7, 11) is 1.67. The van der Waals surface area contributed by atoms with E-state index in [0.29, 0.717) is 26.1 Å². The Kier molecular flexibility index (Phi) is 6.01. The molecule has 4 aliphatic heterocycles. The number of para-hydroxylation sites is 1. The molecule has 32 heavy (non-hydrogen) atoms. The van der Waals surface area contributed by atoms with E-state index >= 15 is 0 Å². The van der Waals surface area contributed by atoms with Gasteiger partial charge >= 0.3 is 0 Å². The topological polar surface area (TPSA) is 68.3 Å². The molecular weight excluding hydrogens is 408 g/mol. The lowest BCUT2D eigenvalue weighted by Gasteiger charge is -2.53. The summed E-state index contributed by atoms with van der Waals surface area (Å²) in [6.07, 6.45) is 7.21. The molecule has 0 N–H and O–H groups in total. The summed E-state index contributed by atoms with van der Waals surface area (Å²) in [5.41, 5.74) is 0.736. The molecule has 1 aromatic rings. The van der Waals surface area contributed by atoms with E-state index < -0.39 is 0 Å². The Morgan fingerprint density at radius 1 is 1.16 bits per heavy atom. The number of benzene rings is 1. The molecule has 1 aromatic carbocycles. The zero-order valence-electron chi connectivity index (χ0n) is 19.0. The van der Waals surface area contributed by atoms with Crippen molar-refractivity contribution in [1.82, 2.24) is 9.80 Å². The number of likely N-dealkylation sites (tertiary alicyclic amines) is 2. The highest BCUT2D eigenvalue weighted by molar-refractivity contribution is 5.85. The number of methoxy groups -OCH3 is 1. The van der Waals surface area contributed by atoms with Gasteiger partial charge in [-0.25, -0.2) is 0 Å². The number of amides is 2. The molecule has 2 atom stereocenters. The number of fused-ring (bicyclic) bond motifs is 4. The van der Waals surface area contributed by atoms with Gasteiger partial charge in [0.2, 0.25) is 11.8 Å². The normalized spacial score (nSPS) is 27.2. The molecule has 0 radical (unpaired) electrons. The van der Waals surface area contributed by atoms with Crippen molar-refractivity contribution in [3.63, 3.8) is 0 Å². The van der Waals surface area contributed by atoms with E-state index in [1.165, 1.54) is 0 Å². The van der Waals surface area contributed by atoms with Gasteiger partial charge in [0.05, 0.1) is 19.8 Å². The molecule has 3 saturated heterocycles. The summed E-state index contributed by atoms with van der Waals surface area (Å²) < 4.78 is 18.6. The minimum atomic E-state index is -0.345. The standard InChI is InChI=1S/C25H34N2O5/c1-30-20-9-5-7-18-23-19(8-6-16-31-23)25(32-24(18)20)11-14-26(15-12-25)22(29)17-27-13-4-2-3-10-21(27)28/h5,7,9,19,23H,2-4,6,8,10-17H2,1H3/t19-,23+/m0/s1. The van der Waals surface area contributed by atoms with E-state index in [2.05, 4.69) is 6.07 Å². The molecule has 0 aliphatic carbocycles. The van der Waals surface area contributed by atoms with Gasteiger partial charge in [-0.2, -0.15) is 0 Å². The maximum atomic E-state index is 13.0. The third kappa shape index (κ3) is 3.85. The maximum Gasteiger partial charge on any atom is 0.242 e. The molecule has 0 bridgehead atoms. The Bertz CT molecular complexity index is 864. The first kappa shape index (κ1) is 21.6. The van der Waals surface area contributed by atoms with Crippen molar-refractivity contribution in [2.45, 2.75) is 63.1 Å². The maximum absolute atomic E-state index is 13.0. The summed E-state index contributed by atoms with van der Waals surface area (Å²) in [5, 5.41) is 0. The van der Waals surface area contributed by atoms with Crippen LogP contribution in [-0.2, 0) is 14.3 Å². The zero-order chi connectivity index (χ0) is 22.1. The van der Waals surface area contributed by atoms with Crippen LogP contribution in [0.2, 0.25) is 0 Å². The smallest absolute Gasteiger partial charge is 0.242 e. The molecule has 2 amide bonds. The van der Waals surface area contributed by atoms with Crippen LogP contribution >= 0.6 is 0 Å². The highest BCUT2D eigenvalue weighted by atomic mass is 16.5. The number of carbonyl (C=O) groups excluding carboxylic acids is 2. The van der Waals surface area contributed by atoms with Crippen LogP contribution in [0.4, 0.5) is 0 Å². The van der Waals surface area contributed by atoms with Crippen LogP contribution in [0.1, 0.15) is 63.0 Å². The van der Waals surface area contributed by atoms with Crippen LogP contribution in [-0.4, -0.2) is 67.1 Å². The second-order valence-electron chi connectivity index (χ2n) is 9.59. The van der Waals surface area contributed by atoms with Crippen molar-refractivity contribution in [1.29, 1.82) is 0 Å². The molecule has 174 valence electrons. The first-order chi connectivity index (χ1) is 15.6. The van der Waals surface area contributed by atoms with Crippen molar-refractivity contribution in [2.75, 3.05) is 39.9 Å². The predicted molar refractivity (Wildman–Crippen MR) is 119 cm³/mol. The largest absolute Gasteiger partial charge is 0.493 e. The molecule has 1 spiro atoms. The highest BCUT2D eigenvalue weighted by Crippen LogP contribution is 2.55. The molecule has 5 rings (SSSR count). The van der Waals surface area contributed by atoms with E-state index in [9.17, 15) is 9.59 Å². The Balaban J connectivity index is 1.31. The van der Waals surface area contributed by atoms with Crippen molar-refractivity contribution in [3.05, 3.63) is 23.8 Å². The number of nitrogens with zero attached hydrogens (tertiary/aromatic N) is 2. The summed E-state index contributed by atoms with van der Waals surface area (Å²) in [4.78, 5) is 29.0. The van der Waals surface area contributed by atoms with E-state index in [1.807, 2.05) is 17.0 Å². The van der Waals surface area contributed by atoms with Gasteiger partial charge in [0.25, 0.3) is 0 Å². The van der Waals surface area contributed by atoms with Gasteiger partial charge in [0.1, 0.15) is 5.60 Å². The molecule has 0 aromatic heterocycles. The second-order valence-corrected chi connectivity index (χ2v) is 9.59. The third-order valence-corrected chi connectivity index (χ3v) is 7.80. The van der Waals surface area contributed by atoms with Crippen LogP contribution < -0.4 is 9.47 Å². The first-order valence-electron chi connectivity index (χ1n) is 12.1. The SMILES string of the molecule is COc1cccc2c1OC1(CCN(C(=O)CN3CCCCCC3=O)CC1)[C@H]1CCCO[C@H]21. The number of rotatable bonds is 3. The van der Waals surface area contributed by atoms with Gasteiger partial charge in [-0.15, -0.1) is 0 Å². The summed E-state index contributed by atoms with van der Waals surface area (Å²) in [5.74, 6) is 1.99. The monoisotopic (exact) mass is 442 g/mol. The third-order valence-electron chi connectivity index (χ3n) is 7.80. The van der Waals surface area contributed by atoms with Gasteiger partial charge in [0, 0.05) is 57.0 Å². The van der Waals surface area contributed by atoms with Crippen molar-refractivity contribution in [2.24, 2.45) is 5.92 Å². The molecule has 3 fully saturated rings. The lowest BCUT2D eigenvalue weighted by molar-refractivity contribution is -0.158. The average Bonchev–Trinajstić information content (AvgIpc) is 3.03. The lowest BCUT2D eigenvalue weighted by Crippen LogP contribution is -2.58. The molecule has 0 saturated carbocycles. The molecule has 7 heteroatoms. The second kappa shape index (κ2) is 8.93. The molecule has 7 nitrogen and oxygen atoms in total.